The summed E-state index contributed by atoms with van der Waals surface area (Å²) in [5.41, 5.74) is 5.09. The molecule has 0 aliphatic rings. The zero-order valence-electron chi connectivity index (χ0n) is 10.7. The molecule has 0 fully saturated rings. The van der Waals surface area contributed by atoms with Gasteiger partial charge in [-0.3, -0.25) is 0 Å². The zero-order valence-corrected chi connectivity index (χ0v) is 10.7. The Hall–Kier alpha value is -1.83. The first-order chi connectivity index (χ1) is 8.26. The van der Waals surface area contributed by atoms with Crippen LogP contribution in [0.4, 0.5) is 5.69 Å². The second-order valence-electron chi connectivity index (χ2n) is 4.17. The van der Waals surface area contributed by atoms with E-state index in [0.717, 1.165) is 12.1 Å². The van der Waals surface area contributed by atoms with Crippen molar-refractivity contribution < 1.29 is 4.57 Å². The van der Waals surface area contributed by atoms with E-state index in [1.54, 1.807) is 0 Å². The predicted molar refractivity (Wildman–Crippen MR) is 72.0 cm³/mol. The summed E-state index contributed by atoms with van der Waals surface area (Å²) in [6, 6.07) is 12.8. The summed E-state index contributed by atoms with van der Waals surface area (Å²) in [5.74, 6) is 0. The first kappa shape index (κ1) is 11.6. The molecule has 0 unspecified atom stereocenters. The number of pyridine rings is 1. The Kier molecular flexibility index (Phi) is 3.43. The minimum absolute atomic E-state index is 1.05. The van der Waals surface area contributed by atoms with Gasteiger partial charge in [-0.2, -0.15) is 0 Å². The third-order valence-corrected chi connectivity index (χ3v) is 3.11. The van der Waals surface area contributed by atoms with Crippen molar-refractivity contribution in [2.75, 3.05) is 12.4 Å². The fourth-order valence-electron chi connectivity index (χ4n) is 2.08. The predicted octanol–water partition coefficient (Wildman–Crippen LogP) is 2.78. The molecule has 0 saturated heterocycles. The molecule has 2 heteroatoms. The van der Waals surface area contributed by atoms with Crippen LogP contribution < -0.4 is 9.88 Å². The Labute approximate surface area is 103 Å². The lowest BCUT2D eigenvalue weighted by Gasteiger charge is -2.09. The normalized spacial score (nSPS) is 10.3. The van der Waals surface area contributed by atoms with Crippen LogP contribution in [-0.2, 0) is 13.5 Å². The highest BCUT2D eigenvalue weighted by Gasteiger charge is 2.12. The van der Waals surface area contributed by atoms with Gasteiger partial charge in [0.15, 0.2) is 6.20 Å². The molecule has 0 saturated carbocycles. The first-order valence-electron chi connectivity index (χ1n) is 6.02. The summed E-state index contributed by atoms with van der Waals surface area (Å²) in [4.78, 5) is 0. The number of hydrogen-bond acceptors (Lipinski definition) is 1. The summed E-state index contributed by atoms with van der Waals surface area (Å²) in [6.45, 7) is 2.20. The molecule has 0 radical (unpaired) electrons. The lowest BCUT2D eigenvalue weighted by Crippen LogP contribution is -2.30. The van der Waals surface area contributed by atoms with Gasteiger partial charge in [0.1, 0.15) is 7.05 Å². The third kappa shape index (κ3) is 2.31. The molecule has 1 aromatic heterocycles. The summed E-state index contributed by atoms with van der Waals surface area (Å²) in [6.07, 6.45) is 3.13. The van der Waals surface area contributed by atoms with E-state index in [0.29, 0.717) is 0 Å². The highest BCUT2D eigenvalue weighted by Crippen LogP contribution is 2.24. The number of benzene rings is 1. The summed E-state index contributed by atoms with van der Waals surface area (Å²) >= 11 is 0. The Morgan fingerprint density at radius 1 is 1.18 bits per heavy atom. The number of aromatic nitrogens is 1. The van der Waals surface area contributed by atoms with E-state index in [9.17, 15) is 0 Å². The van der Waals surface area contributed by atoms with Crippen LogP contribution in [0.2, 0.25) is 0 Å². The molecule has 0 aliphatic carbocycles. The molecule has 0 amide bonds. The number of rotatable bonds is 3. The lowest BCUT2D eigenvalue weighted by molar-refractivity contribution is -0.660. The molecular formula is C15H19N2+. The van der Waals surface area contributed by atoms with Crippen LogP contribution in [0.15, 0.2) is 42.6 Å². The fraction of sp³-hybridized carbons (Fsp3) is 0.267. The van der Waals surface area contributed by atoms with Gasteiger partial charge in [0.2, 0.25) is 5.69 Å². The van der Waals surface area contributed by atoms with Crippen LogP contribution in [0.25, 0.3) is 11.3 Å². The van der Waals surface area contributed by atoms with E-state index in [2.05, 4.69) is 66.5 Å². The maximum atomic E-state index is 3.20. The van der Waals surface area contributed by atoms with Gasteiger partial charge in [-0.1, -0.05) is 13.0 Å². The number of aryl methyl sites for hydroxylation is 2. The smallest absolute Gasteiger partial charge is 0.212 e. The van der Waals surface area contributed by atoms with Crippen molar-refractivity contribution >= 4 is 5.69 Å². The van der Waals surface area contributed by atoms with Crippen LogP contribution in [0.3, 0.4) is 0 Å². The maximum Gasteiger partial charge on any atom is 0.212 e. The van der Waals surface area contributed by atoms with E-state index < -0.39 is 0 Å². The summed E-state index contributed by atoms with van der Waals surface area (Å²) in [5, 5.41) is 3.20. The van der Waals surface area contributed by atoms with Gasteiger partial charge in [0.25, 0.3) is 0 Å². The van der Waals surface area contributed by atoms with Crippen molar-refractivity contribution in [1.29, 1.82) is 0 Å². The monoisotopic (exact) mass is 227 g/mol. The van der Waals surface area contributed by atoms with Crippen molar-refractivity contribution in [3.05, 3.63) is 48.2 Å². The average molecular weight is 227 g/mol. The topological polar surface area (TPSA) is 15.9 Å². The molecule has 1 N–H and O–H groups in total. The molecule has 0 aliphatic heterocycles. The molecule has 1 heterocycles. The van der Waals surface area contributed by atoms with Crippen molar-refractivity contribution in [1.82, 2.24) is 0 Å². The summed E-state index contributed by atoms with van der Waals surface area (Å²) < 4.78 is 2.16. The van der Waals surface area contributed by atoms with E-state index >= 15 is 0 Å². The molecule has 2 aromatic rings. The molecule has 17 heavy (non-hydrogen) atoms. The highest BCUT2D eigenvalue weighted by atomic mass is 14.9. The van der Waals surface area contributed by atoms with Gasteiger partial charge in [-0.05, 0) is 30.2 Å². The van der Waals surface area contributed by atoms with Gasteiger partial charge in [0, 0.05) is 24.9 Å². The molecule has 0 spiro atoms. The fourth-order valence-corrected chi connectivity index (χ4v) is 2.08. The van der Waals surface area contributed by atoms with Crippen molar-refractivity contribution in [3.63, 3.8) is 0 Å². The van der Waals surface area contributed by atoms with E-state index in [1.807, 2.05) is 7.05 Å². The minimum atomic E-state index is 1.05. The quantitative estimate of drug-likeness (QED) is 0.797. The Morgan fingerprint density at radius 3 is 2.65 bits per heavy atom. The van der Waals surface area contributed by atoms with Gasteiger partial charge < -0.3 is 5.32 Å². The number of hydrogen-bond donors (Lipinski definition) is 1. The SMILES string of the molecule is CCc1ccc(NC)cc1-c1cccc[n+]1C. The molecule has 1 aromatic carbocycles. The van der Waals surface area contributed by atoms with Crippen molar-refractivity contribution in [2.45, 2.75) is 13.3 Å². The van der Waals surface area contributed by atoms with Gasteiger partial charge in [-0.15, -0.1) is 0 Å². The Bertz CT molecular complexity index is 518. The third-order valence-electron chi connectivity index (χ3n) is 3.11. The van der Waals surface area contributed by atoms with E-state index in [4.69, 9.17) is 0 Å². The highest BCUT2D eigenvalue weighted by molar-refractivity contribution is 5.67. The number of nitrogens with one attached hydrogen (secondary N) is 1. The first-order valence-corrected chi connectivity index (χ1v) is 6.02. The molecule has 0 bridgehead atoms. The average Bonchev–Trinajstić information content (AvgIpc) is 2.38. The molecule has 0 atom stereocenters. The van der Waals surface area contributed by atoms with Crippen LogP contribution >= 0.6 is 0 Å². The summed E-state index contributed by atoms with van der Waals surface area (Å²) in [7, 11) is 4.04. The molecule has 2 rings (SSSR count). The maximum absolute atomic E-state index is 3.20. The number of nitrogens with zero attached hydrogens (tertiary/aromatic N) is 1. The molecular weight excluding hydrogens is 208 g/mol. The van der Waals surface area contributed by atoms with Gasteiger partial charge >= 0.3 is 0 Å². The van der Waals surface area contributed by atoms with Crippen LogP contribution in [-0.4, -0.2) is 7.05 Å². The second kappa shape index (κ2) is 5.00. The molecule has 2 nitrogen and oxygen atoms in total. The van der Waals surface area contributed by atoms with Crippen molar-refractivity contribution in [2.24, 2.45) is 7.05 Å². The Morgan fingerprint density at radius 2 is 2.00 bits per heavy atom. The van der Waals surface area contributed by atoms with Crippen LogP contribution in [0.1, 0.15) is 12.5 Å². The van der Waals surface area contributed by atoms with Gasteiger partial charge in [-0.25, -0.2) is 4.57 Å². The lowest BCUT2D eigenvalue weighted by atomic mass is 10.0. The van der Waals surface area contributed by atoms with Crippen LogP contribution in [0, 0.1) is 0 Å². The number of anilines is 1. The zero-order chi connectivity index (χ0) is 12.3. The van der Waals surface area contributed by atoms with Gasteiger partial charge in [0.05, 0.1) is 5.56 Å². The van der Waals surface area contributed by atoms with E-state index in [1.165, 1.54) is 16.8 Å². The van der Waals surface area contributed by atoms with Crippen LogP contribution in [0.5, 0.6) is 0 Å². The standard InChI is InChI=1S/C15H19N2/c1-4-12-8-9-13(16-2)11-14(12)15-7-5-6-10-17(15)3/h5-11,16H,4H2,1-3H3/q+1. The largest absolute Gasteiger partial charge is 0.388 e. The minimum Gasteiger partial charge on any atom is -0.388 e. The van der Waals surface area contributed by atoms with Crippen molar-refractivity contribution in [3.8, 4) is 11.3 Å². The van der Waals surface area contributed by atoms with E-state index in [-0.39, 0.29) is 0 Å². The second-order valence-corrected chi connectivity index (χ2v) is 4.17. The Balaban J connectivity index is 2.60. The molecule has 88 valence electrons.